The molecule has 0 spiro atoms. The molecule has 2 fully saturated rings. The molecule has 1 heterocycles. The number of alkyl halides is 2. The monoisotopic (exact) mass is 302 g/mol. The maximum absolute atomic E-state index is 12.9. The lowest BCUT2D eigenvalue weighted by atomic mass is 9.80. The first kappa shape index (κ1) is 16.2. The molecule has 1 saturated heterocycles. The van der Waals surface area contributed by atoms with Gasteiger partial charge in [0.05, 0.1) is 6.54 Å². The Kier molecular flexibility index (Phi) is 4.84. The zero-order valence-corrected chi connectivity index (χ0v) is 12.7. The fourth-order valence-electron chi connectivity index (χ4n) is 3.49. The van der Waals surface area contributed by atoms with Gasteiger partial charge in [0.25, 0.3) is 6.43 Å². The first-order chi connectivity index (χ1) is 9.89. The lowest BCUT2D eigenvalue weighted by Crippen LogP contribution is -2.71. The minimum atomic E-state index is -2.62. The van der Waals surface area contributed by atoms with Crippen molar-refractivity contribution in [3.63, 3.8) is 0 Å². The molecule has 0 radical (unpaired) electrons. The summed E-state index contributed by atoms with van der Waals surface area (Å²) in [6.45, 7) is 2.74. The molecular weight excluding hydrogens is 278 g/mol. The number of carbonyl (C=O) groups excluding carboxylic acids is 2. The number of rotatable bonds is 4. The van der Waals surface area contributed by atoms with Crippen molar-refractivity contribution >= 4 is 11.8 Å². The van der Waals surface area contributed by atoms with Crippen LogP contribution in [0.2, 0.25) is 0 Å². The van der Waals surface area contributed by atoms with Crippen LogP contribution in [0.15, 0.2) is 0 Å². The van der Waals surface area contributed by atoms with Crippen LogP contribution >= 0.6 is 0 Å². The Morgan fingerprint density at radius 3 is 2.43 bits per heavy atom. The number of carbonyl (C=O) groups is 2. The van der Waals surface area contributed by atoms with Crippen molar-refractivity contribution in [2.24, 2.45) is 5.92 Å². The molecule has 0 aromatic heterocycles. The van der Waals surface area contributed by atoms with E-state index >= 15 is 0 Å². The predicted octanol–water partition coefficient (Wildman–Crippen LogP) is 2.33. The zero-order valence-electron chi connectivity index (χ0n) is 12.7. The molecular formula is C15H24F2N2O2. The summed E-state index contributed by atoms with van der Waals surface area (Å²) in [5.74, 6) is -0.644. The van der Waals surface area contributed by atoms with Crippen LogP contribution in [0, 0.1) is 5.92 Å². The van der Waals surface area contributed by atoms with Crippen molar-refractivity contribution in [3.05, 3.63) is 0 Å². The summed E-state index contributed by atoms with van der Waals surface area (Å²) in [5.41, 5.74) is -1.06. The molecule has 0 bridgehead atoms. The van der Waals surface area contributed by atoms with Crippen LogP contribution in [0.25, 0.3) is 0 Å². The molecule has 1 aliphatic carbocycles. The summed E-state index contributed by atoms with van der Waals surface area (Å²) in [6.07, 6.45) is 2.54. The summed E-state index contributed by atoms with van der Waals surface area (Å²) in [5, 5.41) is 2.77. The molecule has 120 valence electrons. The Morgan fingerprint density at radius 1 is 1.29 bits per heavy atom. The topological polar surface area (TPSA) is 49.4 Å². The molecule has 21 heavy (non-hydrogen) atoms. The maximum Gasteiger partial charge on any atom is 0.255 e. The predicted molar refractivity (Wildman–Crippen MR) is 74.9 cm³/mol. The fourth-order valence-corrected chi connectivity index (χ4v) is 3.49. The number of hydrogen-bond acceptors (Lipinski definition) is 2. The summed E-state index contributed by atoms with van der Waals surface area (Å²) in [7, 11) is 0. The van der Waals surface area contributed by atoms with Crippen LogP contribution in [-0.2, 0) is 9.59 Å². The van der Waals surface area contributed by atoms with Crippen LogP contribution in [0.1, 0.15) is 52.4 Å². The molecule has 2 aliphatic rings. The van der Waals surface area contributed by atoms with Gasteiger partial charge < -0.3 is 10.2 Å². The number of nitrogens with one attached hydrogen (secondary N) is 1. The third-order valence-corrected chi connectivity index (χ3v) is 4.87. The van der Waals surface area contributed by atoms with E-state index in [1.54, 1.807) is 13.8 Å². The van der Waals surface area contributed by atoms with E-state index in [1.807, 2.05) is 0 Å². The van der Waals surface area contributed by atoms with Crippen molar-refractivity contribution in [3.8, 4) is 0 Å². The summed E-state index contributed by atoms with van der Waals surface area (Å²) < 4.78 is 25.8. The molecule has 0 aromatic carbocycles. The minimum absolute atomic E-state index is 0.00264. The van der Waals surface area contributed by atoms with Gasteiger partial charge in [0.1, 0.15) is 11.6 Å². The van der Waals surface area contributed by atoms with Crippen LogP contribution < -0.4 is 5.32 Å². The third kappa shape index (κ3) is 3.19. The average molecular weight is 302 g/mol. The molecule has 2 unspecified atom stereocenters. The third-order valence-electron chi connectivity index (χ3n) is 4.87. The fraction of sp³-hybridized carbons (Fsp3) is 0.867. The molecule has 4 nitrogen and oxygen atoms in total. The standard InChI is InChI=1S/C15H24F2N2O2/c1-3-15(2)14(21)19(9-11(16)17)12(13(20)18-15)10-7-5-4-6-8-10/h10-12H,3-9H2,1-2H3,(H,18,20). The van der Waals surface area contributed by atoms with E-state index in [9.17, 15) is 18.4 Å². The van der Waals surface area contributed by atoms with Gasteiger partial charge in [-0.15, -0.1) is 0 Å². The number of nitrogens with zero attached hydrogens (tertiary/aromatic N) is 1. The van der Waals surface area contributed by atoms with E-state index in [0.717, 1.165) is 37.0 Å². The number of amides is 2. The highest BCUT2D eigenvalue weighted by Crippen LogP contribution is 2.33. The molecule has 2 amide bonds. The highest BCUT2D eigenvalue weighted by molar-refractivity contribution is 5.99. The zero-order chi connectivity index (χ0) is 15.6. The maximum atomic E-state index is 12.9. The average Bonchev–Trinajstić information content (AvgIpc) is 2.45. The van der Waals surface area contributed by atoms with E-state index in [-0.39, 0.29) is 17.7 Å². The number of hydrogen-bond donors (Lipinski definition) is 1. The molecule has 6 heteroatoms. The minimum Gasteiger partial charge on any atom is -0.340 e. The summed E-state index contributed by atoms with van der Waals surface area (Å²) >= 11 is 0. The lowest BCUT2D eigenvalue weighted by molar-refractivity contribution is -0.159. The molecule has 1 N–H and O–H groups in total. The van der Waals surface area contributed by atoms with E-state index in [2.05, 4.69) is 5.32 Å². The highest BCUT2D eigenvalue weighted by atomic mass is 19.3. The quantitative estimate of drug-likeness (QED) is 0.866. The molecule has 2 atom stereocenters. The van der Waals surface area contributed by atoms with Gasteiger partial charge in [-0.05, 0) is 32.1 Å². The molecule has 0 aromatic rings. The van der Waals surface area contributed by atoms with E-state index in [0.29, 0.717) is 6.42 Å². The Morgan fingerprint density at radius 2 is 1.90 bits per heavy atom. The van der Waals surface area contributed by atoms with Crippen molar-refractivity contribution in [1.29, 1.82) is 0 Å². The number of piperazine rings is 1. The molecule has 1 saturated carbocycles. The summed E-state index contributed by atoms with van der Waals surface area (Å²) in [6, 6.07) is -0.730. The normalized spacial score (nSPS) is 31.7. The van der Waals surface area contributed by atoms with Gasteiger partial charge in [0, 0.05) is 0 Å². The van der Waals surface area contributed by atoms with Crippen LogP contribution in [0.3, 0.4) is 0 Å². The molecule has 2 rings (SSSR count). The Labute approximate surface area is 124 Å². The Balaban J connectivity index is 2.27. The second-order valence-corrected chi connectivity index (χ2v) is 6.37. The second kappa shape index (κ2) is 6.28. The SMILES string of the molecule is CCC1(C)NC(=O)C(C2CCCCC2)N(CC(F)F)C1=O. The van der Waals surface area contributed by atoms with Gasteiger partial charge in [-0.25, -0.2) is 8.78 Å². The van der Waals surface area contributed by atoms with Gasteiger partial charge in [0.15, 0.2) is 0 Å². The van der Waals surface area contributed by atoms with E-state index in [1.165, 1.54) is 0 Å². The van der Waals surface area contributed by atoms with E-state index < -0.39 is 24.6 Å². The van der Waals surface area contributed by atoms with Gasteiger partial charge >= 0.3 is 0 Å². The van der Waals surface area contributed by atoms with Gasteiger partial charge in [-0.2, -0.15) is 0 Å². The Hall–Kier alpha value is -1.20. The largest absolute Gasteiger partial charge is 0.340 e. The highest BCUT2D eigenvalue weighted by Gasteiger charge is 2.50. The van der Waals surface area contributed by atoms with Crippen molar-refractivity contribution < 1.29 is 18.4 Å². The van der Waals surface area contributed by atoms with Gasteiger partial charge in [-0.3, -0.25) is 9.59 Å². The molecule has 1 aliphatic heterocycles. The van der Waals surface area contributed by atoms with Crippen molar-refractivity contribution in [2.75, 3.05) is 6.54 Å². The van der Waals surface area contributed by atoms with Crippen molar-refractivity contribution in [2.45, 2.75) is 70.4 Å². The second-order valence-electron chi connectivity index (χ2n) is 6.37. The van der Waals surface area contributed by atoms with E-state index in [4.69, 9.17) is 0 Å². The van der Waals surface area contributed by atoms with Gasteiger partial charge in [-0.1, -0.05) is 26.2 Å². The Bertz CT molecular complexity index is 410. The smallest absolute Gasteiger partial charge is 0.255 e. The van der Waals surface area contributed by atoms with Crippen LogP contribution in [-0.4, -0.2) is 41.3 Å². The van der Waals surface area contributed by atoms with Gasteiger partial charge in [0.2, 0.25) is 11.8 Å². The lowest BCUT2D eigenvalue weighted by Gasteiger charge is -2.47. The van der Waals surface area contributed by atoms with Crippen LogP contribution in [0.5, 0.6) is 0 Å². The van der Waals surface area contributed by atoms with Crippen LogP contribution in [0.4, 0.5) is 8.78 Å². The first-order valence-corrected chi connectivity index (χ1v) is 7.80. The number of halogens is 2. The van der Waals surface area contributed by atoms with Crippen molar-refractivity contribution in [1.82, 2.24) is 10.2 Å². The summed E-state index contributed by atoms with van der Waals surface area (Å²) in [4.78, 5) is 26.2. The first-order valence-electron chi connectivity index (χ1n) is 7.80.